The molecule has 152 valence electrons. The van der Waals surface area contributed by atoms with E-state index in [2.05, 4.69) is 5.32 Å². The molecule has 0 heterocycles. The van der Waals surface area contributed by atoms with E-state index in [1.54, 1.807) is 18.2 Å². The van der Waals surface area contributed by atoms with Gasteiger partial charge >= 0.3 is 5.97 Å². The predicted molar refractivity (Wildman–Crippen MR) is 106 cm³/mol. The third-order valence-electron chi connectivity index (χ3n) is 6.77. The molecule has 5 nitrogen and oxygen atoms in total. The summed E-state index contributed by atoms with van der Waals surface area (Å²) in [5, 5.41) is 3.55. The predicted octanol–water partition coefficient (Wildman–Crippen LogP) is 3.77. The van der Waals surface area contributed by atoms with Crippen molar-refractivity contribution in [1.29, 1.82) is 0 Å². The molecule has 0 aliphatic heterocycles. The minimum absolute atomic E-state index is 0.0198. The molecule has 1 aromatic carbocycles. The minimum Gasteiger partial charge on any atom is -0.496 e. The van der Waals surface area contributed by atoms with Gasteiger partial charge in [0.05, 0.1) is 13.5 Å². The molecule has 4 aliphatic carbocycles. The van der Waals surface area contributed by atoms with E-state index in [4.69, 9.17) is 21.1 Å². The Morgan fingerprint density at radius 3 is 2.39 bits per heavy atom. The Labute approximate surface area is 171 Å². The van der Waals surface area contributed by atoms with Gasteiger partial charge in [0.2, 0.25) is 0 Å². The quantitative estimate of drug-likeness (QED) is 0.701. The number of hydrogen-bond donors (Lipinski definition) is 1. The monoisotopic (exact) mass is 405 g/mol. The largest absolute Gasteiger partial charge is 0.496 e. The van der Waals surface area contributed by atoms with E-state index in [0.717, 1.165) is 24.3 Å². The maximum absolute atomic E-state index is 12.2. The van der Waals surface area contributed by atoms with Crippen LogP contribution in [0.2, 0.25) is 5.02 Å². The lowest BCUT2D eigenvalue weighted by atomic mass is 9.49. The molecular formula is C22H28ClNO4. The SMILES string of the molecule is COc1ccc(Cl)cc1CC(=O)OCC(=O)NCC12CC3CC(CC(C3)C1)C2. The van der Waals surface area contributed by atoms with Crippen LogP contribution < -0.4 is 10.1 Å². The Hall–Kier alpha value is -1.75. The normalized spacial score (nSPS) is 30.1. The Balaban J connectivity index is 1.24. The summed E-state index contributed by atoms with van der Waals surface area (Å²) < 4.78 is 10.4. The summed E-state index contributed by atoms with van der Waals surface area (Å²) in [5.41, 5.74) is 0.928. The number of ether oxygens (including phenoxy) is 2. The van der Waals surface area contributed by atoms with Gasteiger partial charge in [0.25, 0.3) is 5.91 Å². The van der Waals surface area contributed by atoms with Gasteiger partial charge < -0.3 is 14.8 Å². The first-order valence-corrected chi connectivity index (χ1v) is 10.6. The first-order chi connectivity index (χ1) is 13.4. The molecule has 4 saturated carbocycles. The maximum atomic E-state index is 12.2. The molecule has 1 N–H and O–H groups in total. The summed E-state index contributed by atoms with van der Waals surface area (Å²) in [7, 11) is 1.54. The summed E-state index contributed by atoms with van der Waals surface area (Å²) in [6.45, 7) is 0.475. The van der Waals surface area contributed by atoms with Crippen molar-refractivity contribution in [2.75, 3.05) is 20.3 Å². The third kappa shape index (κ3) is 4.29. The molecule has 5 rings (SSSR count). The number of methoxy groups -OCH3 is 1. The van der Waals surface area contributed by atoms with Crippen LogP contribution in [0.15, 0.2) is 18.2 Å². The Morgan fingerprint density at radius 2 is 1.79 bits per heavy atom. The van der Waals surface area contributed by atoms with E-state index < -0.39 is 5.97 Å². The van der Waals surface area contributed by atoms with E-state index in [-0.39, 0.29) is 24.3 Å². The Bertz CT molecular complexity index is 728. The van der Waals surface area contributed by atoms with E-state index in [9.17, 15) is 9.59 Å². The maximum Gasteiger partial charge on any atom is 0.310 e. The van der Waals surface area contributed by atoms with Crippen molar-refractivity contribution in [3.05, 3.63) is 28.8 Å². The van der Waals surface area contributed by atoms with Crippen LogP contribution in [0.5, 0.6) is 5.75 Å². The number of amides is 1. The minimum atomic E-state index is -0.467. The number of hydrogen-bond acceptors (Lipinski definition) is 4. The zero-order chi connectivity index (χ0) is 19.7. The second-order valence-corrected chi connectivity index (χ2v) is 9.42. The Morgan fingerprint density at radius 1 is 1.14 bits per heavy atom. The lowest BCUT2D eigenvalue weighted by molar-refractivity contribution is -0.148. The van der Waals surface area contributed by atoms with Gasteiger partial charge in [-0.1, -0.05) is 11.6 Å². The van der Waals surface area contributed by atoms with E-state index >= 15 is 0 Å². The van der Waals surface area contributed by atoms with Crippen LogP contribution in [-0.2, 0) is 20.7 Å². The van der Waals surface area contributed by atoms with E-state index in [0.29, 0.717) is 16.3 Å². The molecule has 4 bridgehead atoms. The van der Waals surface area contributed by atoms with Gasteiger partial charge in [0.1, 0.15) is 5.75 Å². The van der Waals surface area contributed by atoms with Crippen molar-refractivity contribution in [1.82, 2.24) is 5.32 Å². The van der Waals surface area contributed by atoms with Crippen LogP contribution in [0.4, 0.5) is 0 Å². The highest BCUT2D eigenvalue weighted by molar-refractivity contribution is 6.30. The smallest absolute Gasteiger partial charge is 0.310 e. The highest BCUT2D eigenvalue weighted by Crippen LogP contribution is 2.59. The summed E-state index contributed by atoms with van der Waals surface area (Å²) in [5.74, 6) is 2.45. The highest BCUT2D eigenvalue weighted by Gasteiger charge is 2.50. The molecule has 6 heteroatoms. The molecule has 0 saturated heterocycles. The summed E-state index contributed by atoms with van der Waals surface area (Å²) >= 11 is 5.98. The zero-order valence-corrected chi connectivity index (χ0v) is 17.1. The molecule has 0 aromatic heterocycles. The second-order valence-electron chi connectivity index (χ2n) is 8.99. The van der Waals surface area contributed by atoms with Gasteiger partial charge in [-0.15, -0.1) is 0 Å². The fraction of sp³-hybridized carbons (Fsp3) is 0.636. The molecular weight excluding hydrogens is 378 g/mol. The topological polar surface area (TPSA) is 64.6 Å². The molecule has 0 atom stereocenters. The van der Waals surface area contributed by atoms with E-state index in [1.165, 1.54) is 45.6 Å². The number of carbonyl (C=O) groups is 2. The summed E-state index contributed by atoms with van der Waals surface area (Å²) in [4.78, 5) is 24.4. The van der Waals surface area contributed by atoms with Gasteiger partial charge in [-0.05, 0) is 79.9 Å². The number of esters is 1. The second kappa shape index (κ2) is 7.94. The molecule has 0 spiro atoms. The molecule has 0 unspecified atom stereocenters. The van der Waals surface area contributed by atoms with Crippen LogP contribution in [0, 0.1) is 23.2 Å². The fourth-order valence-corrected chi connectivity index (χ4v) is 6.28. The zero-order valence-electron chi connectivity index (χ0n) is 16.3. The van der Waals surface area contributed by atoms with Crippen molar-refractivity contribution in [2.45, 2.75) is 44.9 Å². The number of halogens is 1. The fourth-order valence-electron chi connectivity index (χ4n) is 6.08. The standard InChI is InChI=1S/C22H28ClNO4/c1-27-19-3-2-18(23)7-17(19)8-21(26)28-12-20(25)24-13-22-9-14-4-15(10-22)6-16(5-14)11-22/h2-3,7,14-16H,4-6,8-13H2,1H3,(H,24,25). The third-order valence-corrected chi connectivity index (χ3v) is 7.00. The molecule has 1 amide bonds. The van der Waals surface area contributed by atoms with Crippen molar-refractivity contribution in [3.63, 3.8) is 0 Å². The molecule has 1 aromatic rings. The summed E-state index contributed by atoms with van der Waals surface area (Å²) in [6.07, 6.45) is 7.91. The van der Waals surface area contributed by atoms with Crippen molar-refractivity contribution in [2.24, 2.45) is 23.2 Å². The van der Waals surface area contributed by atoms with Crippen LogP contribution >= 0.6 is 11.6 Å². The lowest BCUT2D eigenvalue weighted by Gasteiger charge is -2.56. The number of rotatable bonds is 7. The molecule has 4 fully saturated rings. The van der Waals surface area contributed by atoms with Crippen molar-refractivity contribution >= 4 is 23.5 Å². The molecule has 4 aliphatic rings. The van der Waals surface area contributed by atoms with E-state index in [1.807, 2.05) is 0 Å². The molecule has 0 radical (unpaired) electrons. The van der Waals surface area contributed by atoms with Gasteiger partial charge in [0.15, 0.2) is 6.61 Å². The van der Waals surface area contributed by atoms with Gasteiger partial charge in [-0.3, -0.25) is 9.59 Å². The molecule has 28 heavy (non-hydrogen) atoms. The van der Waals surface area contributed by atoms with Crippen LogP contribution in [0.1, 0.15) is 44.1 Å². The highest BCUT2D eigenvalue weighted by atomic mass is 35.5. The van der Waals surface area contributed by atoms with Gasteiger partial charge in [0, 0.05) is 17.1 Å². The average molecular weight is 406 g/mol. The van der Waals surface area contributed by atoms with Crippen LogP contribution in [-0.4, -0.2) is 32.1 Å². The van der Waals surface area contributed by atoms with Crippen molar-refractivity contribution < 1.29 is 19.1 Å². The summed E-state index contributed by atoms with van der Waals surface area (Å²) in [6, 6.07) is 5.09. The van der Waals surface area contributed by atoms with Crippen LogP contribution in [0.3, 0.4) is 0 Å². The number of nitrogens with one attached hydrogen (secondary N) is 1. The van der Waals surface area contributed by atoms with Gasteiger partial charge in [-0.2, -0.15) is 0 Å². The first-order valence-electron chi connectivity index (χ1n) is 10.2. The Kier molecular flexibility index (Phi) is 5.55. The number of benzene rings is 1. The average Bonchev–Trinajstić information content (AvgIpc) is 2.64. The first kappa shape index (κ1) is 19.6. The van der Waals surface area contributed by atoms with Crippen molar-refractivity contribution in [3.8, 4) is 5.75 Å². The van der Waals surface area contributed by atoms with Crippen LogP contribution in [0.25, 0.3) is 0 Å². The number of carbonyl (C=O) groups excluding carboxylic acids is 2. The van der Waals surface area contributed by atoms with Gasteiger partial charge in [-0.25, -0.2) is 0 Å². The lowest BCUT2D eigenvalue weighted by Crippen LogP contribution is -2.51.